The Morgan fingerprint density at radius 3 is 2.26 bits per heavy atom. The number of hydrogen-bond donors (Lipinski definition) is 3. The van der Waals surface area contributed by atoms with Crippen LogP contribution in [0.4, 0.5) is 0 Å². The Labute approximate surface area is 111 Å². The second-order valence-corrected chi connectivity index (χ2v) is 4.46. The molecule has 0 unspecified atom stereocenters. The molecule has 104 valence electrons. The molecule has 19 heavy (non-hydrogen) atoms. The van der Waals surface area contributed by atoms with E-state index in [0.29, 0.717) is 18.4 Å². The molecule has 5 nitrogen and oxygen atoms in total. The second kappa shape index (κ2) is 7.41. The molecule has 0 amide bonds. The van der Waals surface area contributed by atoms with Gasteiger partial charge in [0.25, 0.3) is 0 Å². The van der Waals surface area contributed by atoms with Crippen LogP contribution in [-0.2, 0) is 22.4 Å². The van der Waals surface area contributed by atoms with Gasteiger partial charge in [0.1, 0.15) is 5.75 Å². The van der Waals surface area contributed by atoms with Crippen LogP contribution in [0.2, 0.25) is 0 Å². The first-order valence-corrected chi connectivity index (χ1v) is 6.23. The van der Waals surface area contributed by atoms with Gasteiger partial charge in [0.15, 0.2) is 0 Å². The lowest BCUT2D eigenvalue weighted by Crippen LogP contribution is -1.99. The number of carbonyl (C=O) groups is 2. The van der Waals surface area contributed by atoms with Crippen molar-refractivity contribution in [1.29, 1.82) is 0 Å². The smallest absolute Gasteiger partial charge is 0.303 e. The number of aryl methyl sites for hydroxylation is 2. The third-order valence-corrected chi connectivity index (χ3v) is 2.86. The van der Waals surface area contributed by atoms with E-state index >= 15 is 0 Å². The molecule has 1 aromatic carbocycles. The highest BCUT2D eigenvalue weighted by atomic mass is 16.4. The van der Waals surface area contributed by atoms with Crippen LogP contribution in [-0.4, -0.2) is 27.3 Å². The molecule has 5 heteroatoms. The normalized spacial score (nSPS) is 10.3. The minimum Gasteiger partial charge on any atom is -0.508 e. The average molecular weight is 266 g/mol. The zero-order valence-electron chi connectivity index (χ0n) is 10.6. The number of aliphatic carboxylic acids is 2. The lowest BCUT2D eigenvalue weighted by molar-refractivity contribution is -0.138. The summed E-state index contributed by atoms with van der Waals surface area (Å²) < 4.78 is 0. The number of phenolic OH excluding ortho intramolecular Hbond substituents is 1. The van der Waals surface area contributed by atoms with E-state index in [9.17, 15) is 14.7 Å². The maximum absolute atomic E-state index is 10.5. The summed E-state index contributed by atoms with van der Waals surface area (Å²) in [5, 5.41) is 26.8. The van der Waals surface area contributed by atoms with Crippen LogP contribution in [0, 0.1) is 0 Å². The van der Waals surface area contributed by atoms with Gasteiger partial charge in [-0.3, -0.25) is 9.59 Å². The highest BCUT2D eigenvalue weighted by Crippen LogP contribution is 2.21. The average Bonchev–Trinajstić information content (AvgIpc) is 2.34. The van der Waals surface area contributed by atoms with Gasteiger partial charge in [-0.1, -0.05) is 12.1 Å². The van der Waals surface area contributed by atoms with Crippen LogP contribution >= 0.6 is 0 Å². The SMILES string of the molecule is O=C(O)CCCCc1ccc(O)c(CCC(=O)O)c1. The maximum atomic E-state index is 10.5. The first-order chi connectivity index (χ1) is 8.99. The summed E-state index contributed by atoms with van der Waals surface area (Å²) in [6, 6.07) is 5.13. The summed E-state index contributed by atoms with van der Waals surface area (Å²) in [6.07, 6.45) is 2.54. The van der Waals surface area contributed by atoms with Crippen LogP contribution in [0.25, 0.3) is 0 Å². The van der Waals surface area contributed by atoms with E-state index in [1.807, 2.05) is 0 Å². The Morgan fingerprint density at radius 1 is 0.947 bits per heavy atom. The monoisotopic (exact) mass is 266 g/mol. The van der Waals surface area contributed by atoms with Gasteiger partial charge in [-0.15, -0.1) is 0 Å². The standard InChI is InChI=1S/C14H18O5/c15-12-7-5-10(3-1-2-4-13(16)17)9-11(12)6-8-14(18)19/h5,7,9,15H,1-4,6,8H2,(H,16,17)(H,18,19). The van der Waals surface area contributed by atoms with E-state index in [2.05, 4.69) is 0 Å². The van der Waals surface area contributed by atoms with Gasteiger partial charge in [0.2, 0.25) is 0 Å². The van der Waals surface area contributed by atoms with Crippen molar-refractivity contribution < 1.29 is 24.9 Å². The van der Waals surface area contributed by atoms with Crippen molar-refractivity contribution >= 4 is 11.9 Å². The van der Waals surface area contributed by atoms with Gasteiger partial charge in [-0.2, -0.15) is 0 Å². The molecule has 3 N–H and O–H groups in total. The van der Waals surface area contributed by atoms with Crippen molar-refractivity contribution in [2.45, 2.75) is 38.5 Å². The molecule has 0 aromatic heterocycles. The molecular weight excluding hydrogens is 248 g/mol. The van der Waals surface area contributed by atoms with Gasteiger partial charge in [0, 0.05) is 12.8 Å². The van der Waals surface area contributed by atoms with Crippen LogP contribution < -0.4 is 0 Å². The molecule has 0 aliphatic heterocycles. The maximum Gasteiger partial charge on any atom is 0.303 e. The summed E-state index contributed by atoms with van der Waals surface area (Å²) in [4.78, 5) is 20.9. The van der Waals surface area contributed by atoms with Crippen molar-refractivity contribution in [3.63, 3.8) is 0 Å². The van der Waals surface area contributed by atoms with Crippen LogP contribution in [0.5, 0.6) is 5.75 Å². The van der Waals surface area contributed by atoms with Gasteiger partial charge in [0.05, 0.1) is 0 Å². The van der Waals surface area contributed by atoms with Gasteiger partial charge in [-0.05, 0) is 42.9 Å². The molecule has 0 fully saturated rings. The van der Waals surface area contributed by atoms with Crippen molar-refractivity contribution in [2.75, 3.05) is 0 Å². The van der Waals surface area contributed by atoms with Crippen molar-refractivity contribution in [1.82, 2.24) is 0 Å². The van der Waals surface area contributed by atoms with Crippen molar-refractivity contribution in [3.05, 3.63) is 29.3 Å². The summed E-state index contributed by atoms with van der Waals surface area (Å²) in [7, 11) is 0. The molecule has 0 heterocycles. The summed E-state index contributed by atoms with van der Waals surface area (Å²) in [6.45, 7) is 0. The molecule has 0 bridgehead atoms. The molecule has 0 saturated heterocycles. The van der Waals surface area contributed by atoms with E-state index in [1.54, 1.807) is 18.2 Å². The summed E-state index contributed by atoms with van der Waals surface area (Å²) in [5.74, 6) is -1.59. The van der Waals surface area contributed by atoms with Gasteiger partial charge in [-0.25, -0.2) is 0 Å². The summed E-state index contributed by atoms with van der Waals surface area (Å²) in [5.41, 5.74) is 1.61. The predicted octanol–water partition coefficient (Wildman–Crippen LogP) is 2.21. The first-order valence-electron chi connectivity index (χ1n) is 6.23. The van der Waals surface area contributed by atoms with Crippen LogP contribution in [0.3, 0.4) is 0 Å². The minimum absolute atomic E-state index is 0.0178. The Morgan fingerprint density at radius 2 is 1.63 bits per heavy atom. The number of unbranched alkanes of at least 4 members (excludes halogenated alkanes) is 1. The number of carboxylic acids is 2. The number of rotatable bonds is 8. The lowest BCUT2D eigenvalue weighted by Gasteiger charge is -2.07. The summed E-state index contributed by atoms with van der Waals surface area (Å²) >= 11 is 0. The van der Waals surface area contributed by atoms with E-state index in [4.69, 9.17) is 10.2 Å². The fourth-order valence-electron chi connectivity index (χ4n) is 1.84. The molecule has 0 aliphatic carbocycles. The van der Waals surface area contributed by atoms with E-state index in [0.717, 1.165) is 18.4 Å². The number of phenols is 1. The first kappa shape index (κ1) is 15.0. The highest BCUT2D eigenvalue weighted by Gasteiger charge is 2.06. The fraction of sp³-hybridized carbons (Fsp3) is 0.429. The van der Waals surface area contributed by atoms with Gasteiger partial charge < -0.3 is 15.3 Å². The van der Waals surface area contributed by atoms with E-state index < -0.39 is 11.9 Å². The molecule has 0 radical (unpaired) electrons. The number of hydrogen-bond acceptors (Lipinski definition) is 3. The zero-order chi connectivity index (χ0) is 14.3. The molecule has 1 aromatic rings. The molecule has 1 rings (SSSR count). The van der Waals surface area contributed by atoms with E-state index in [1.165, 1.54) is 0 Å². The Kier molecular flexibility index (Phi) is 5.85. The molecule has 0 atom stereocenters. The Hall–Kier alpha value is -2.04. The number of aromatic hydroxyl groups is 1. The fourth-order valence-corrected chi connectivity index (χ4v) is 1.84. The second-order valence-electron chi connectivity index (χ2n) is 4.46. The molecular formula is C14H18O5. The largest absolute Gasteiger partial charge is 0.508 e. The Bertz CT molecular complexity index is 453. The third-order valence-electron chi connectivity index (χ3n) is 2.86. The van der Waals surface area contributed by atoms with Crippen LogP contribution in [0.15, 0.2) is 18.2 Å². The van der Waals surface area contributed by atoms with E-state index in [-0.39, 0.29) is 18.6 Å². The van der Waals surface area contributed by atoms with Crippen LogP contribution in [0.1, 0.15) is 36.8 Å². The number of carboxylic acid groups (broad SMARTS) is 2. The number of benzene rings is 1. The topological polar surface area (TPSA) is 94.8 Å². The van der Waals surface area contributed by atoms with Gasteiger partial charge >= 0.3 is 11.9 Å². The quantitative estimate of drug-likeness (QED) is 0.627. The molecule has 0 spiro atoms. The zero-order valence-corrected chi connectivity index (χ0v) is 10.6. The lowest BCUT2D eigenvalue weighted by atomic mass is 10.0. The Balaban J connectivity index is 2.52. The van der Waals surface area contributed by atoms with Crippen molar-refractivity contribution in [3.8, 4) is 5.75 Å². The predicted molar refractivity (Wildman–Crippen MR) is 69.3 cm³/mol. The third kappa shape index (κ3) is 5.90. The molecule has 0 saturated carbocycles. The highest BCUT2D eigenvalue weighted by molar-refractivity contribution is 5.67. The molecule has 0 aliphatic rings. The van der Waals surface area contributed by atoms with Crippen molar-refractivity contribution in [2.24, 2.45) is 0 Å². The minimum atomic E-state index is -0.897.